The SMILES string of the molecule is C=CCN1CCC(NC(=NCCc2sc(C)nc2C)NCC)CC1. The number of nitrogens with one attached hydrogen (secondary N) is 2. The third-order valence-electron chi connectivity index (χ3n) is 4.27. The summed E-state index contributed by atoms with van der Waals surface area (Å²) in [4.78, 5) is 13.0. The van der Waals surface area contributed by atoms with Gasteiger partial charge in [0.15, 0.2) is 5.96 Å². The van der Waals surface area contributed by atoms with E-state index in [1.807, 2.05) is 6.08 Å². The van der Waals surface area contributed by atoms with E-state index in [-0.39, 0.29) is 0 Å². The zero-order valence-electron chi connectivity index (χ0n) is 15.3. The molecule has 0 unspecified atom stereocenters. The van der Waals surface area contributed by atoms with Crippen LogP contribution in [0.1, 0.15) is 35.3 Å². The van der Waals surface area contributed by atoms with Crippen molar-refractivity contribution in [2.75, 3.05) is 32.7 Å². The van der Waals surface area contributed by atoms with Crippen molar-refractivity contribution in [3.05, 3.63) is 28.2 Å². The Labute approximate surface area is 150 Å². The molecule has 2 heterocycles. The lowest BCUT2D eigenvalue weighted by atomic mass is 10.1. The zero-order valence-corrected chi connectivity index (χ0v) is 16.1. The first-order valence-corrected chi connectivity index (χ1v) is 9.75. The Kier molecular flexibility index (Phi) is 7.72. The van der Waals surface area contributed by atoms with Gasteiger partial charge in [-0.15, -0.1) is 17.9 Å². The van der Waals surface area contributed by atoms with Gasteiger partial charge in [-0.05, 0) is 33.6 Å². The lowest BCUT2D eigenvalue weighted by Crippen LogP contribution is -2.48. The molecule has 0 spiro atoms. The maximum absolute atomic E-state index is 4.75. The van der Waals surface area contributed by atoms with Crippen LogP contribution in [0.15, 0.2) is 17.6 Å². The number of aromatic nitrogens is 1. The van der Waals surface area contributed by atoms with E-state index in [9.17, 15) is 0 Å². The Balaban J connectivity index is 1.82. The Hall–Kier alpha value is -1.40. The average molecular weight is 350 g/mol. The van der Waals surface area contributed by atoms with Crippen LogP contribution in [0.3, 0.4) is 0 Å². The number of aliphatic imine (C=N–C) groups is 1. The first-order chi connectivity index (χ1) is 11.6. The second kappa shape index (κ2) is 9.79. The molecule has 0 radical (unpaired) electrons. The Morgan fingerprint density at radius 2 is 2.17 bits per heavy atom. The lowest BCUT2D eigenvalue weighted by Gasteiger charge is -2.32. The first-order valence-electron chi connectivity index (χ1n) is 8.93. The highest BCUT2D eigenvalue weighted by atomic mass is 32.1. The van der Waals surface area contributed by atoms with Gasteiger partial charge < -0.3 is 10.6 Å². The van der Waals surface area contributed by atoms with Gasteiger partial charge in [-0.25, -0.2) is 4.98 Å². The predicted molar refractivity (Wildman–Crippen MR) is 104 cm³/mol. The molecule has 1 aliphatic heterocycles. The molecular weight excluding hydrogens is 318 g/mol. The molecular formula is C18H31N5S. The summed E-state index contributed by atoms with van der Waals surface area (Å²) in [7, 11) is 0. The van der Waals surface area contributed by atoms with E-state index in [2.05, 4.69) is 47.9 Å². The minimum atomic E-state index is 0.510. The minimum Gasteiger partial charge on any atom is -0.357 e. The van der Waals surface area contributed by atoms with Crippen molar-refractivity contribution >= 4 is 17.3 Å². The van der Waals surface area contributed by atoms with E-state index in [1.54, 1.807) is 11.3 Å². The molecule has 0 amide bonds. The van der Waals surface area contributed by atoms with Crippen LogP contribution in [-0.2, 0) is 6.42 Å². The smallest absolute Gasteiger partial charge is 0.191 e. The van der Waals surface area contributed by atoms with Gasteiger partial charge in [0.05, 0.1) is 10.7 Å². The van der Waals surface area contributed by atoms with Crippen LogP contribution < -0.4 is 10.6 Å². The molecule has 6 heteroatoms. The fourth-order valence-corrected chi connectivity index (χ4v) is 3.96. The van der Waals surface area contributed by atoms with E-state index in [0.29, 0.717) is 6.04 Å². The van der Waals surface area contributed by atoms with Crippen LogP contribution in [0, 0.1) is 13.8 Å². The summed E-state index contributed by atoms with van der Waals surface area (Å²) in [6.07, 6.45) is 5.27. The number of guanidine groups is 1. The third kappa shape index (κ3) is 5.91. The molecule has 2 N–H and O–H groups in total. The van der Waals surface area contributed by atoms with E-state index in [0.717, 1.165) is 68.6 Å². The highest BCUT2D eigenvalue weighted by molar-refractivity contribution is 7.11. The minimum absolute atomic E-state index is 0.510. The molecule has 1 aromatic heterocycles. The molecule has 5 nitrogen and oxygen atoms in total. The first kappa shape index (κ1) is 18.9. The van der Waals surface area contributed by atoms with Crippen molar-refractivity contribution in [2.24, 2.45) is 4.99 Å². The molecule has 1 fully saturated rings. The highest BCUT2D eigenvalue weighted by Gasteiger charge is 2.19. The molecule has 0 bridgehead atoms. The average Bonchev–Trinajstić information content (AvgIpc) is 2.87. The standard InChI is InChI=1S/C18H31N5S/c1-5-11-23-12-8-16(9-13-23)22-18(19-6-2)20-10-7-17-14(3)21-15(4)24-17/h5,16H,1,6-13H2,2-4H3,(H2,19,20,22). The number of likely N-dealkylation sites (tertiary alicyclic amines) is 1. The Morgan fingerprint density at radius 1 is 1.42 bits per heavy atom. The molecule has 24 heavy (non-hydrogen) atoms. The number of hydrogen-bond donors (Lipinski definition) is 2. The predicted octanol–water partition coefficient (Wildman–Crippen LogP) is 2.51. The molecule has 0 atom stereocenters. The van der Waals surface area contributed by atoms with Crippen molar-refractivity contribution in [3.8, 4) is 0 Å². The molecule has 134 valence electrons. The maximum Gasteiger partial charge on any atom is 0.191 e. The molecule has 1 saturated heterocycles. The van der Waals surface area contributed by atoms with Crippen LogP contribution in [-0.4, -0.2) is 54.6 Å². The molecule has 0 saturated carbocycles. The van der Waals surface area contributed by atoms with Gasteiger partial charge in [-0.2, -0.15) is 0 Å². The van der Waals surface area contributed by atoms with Crippen LogP contribution in [0.25, 0.3) is 0 Å². The topological polar surface area (TPSA) is 52.5 Å². The van der Waals surface area contributed by atoms with Crippen LogP contribution >= 0.6 is 11.3 Å². The summed E-state index contributed by atoms with van der Waals surface area (Å²) in [5.41, 5.74) is 1.15. The number of nitrogens with zero attached hydrogens (tertiary/aromatic N) is 3. The molecule has 0 aliphatic carbocycles. The number of aryl methyl sites for hydroxylation is 2. The molecule has 2 rings (SSSR count). The van der Waals surface area contributed by atoms with Crippen LogP contribution in [0.5, 0.6) is 0 Å². The Bertz CT molecular complexity index is 544. The van der Waals surface area contributed by atoms with Crippen molar-refractivity contribution in [1.29, 1.82) is 0 Å². The fraction of sp³-hybridized carbons (Fsp3) is 0.667. The summed E-state index contributed by atoms with van der Waals surface area (Å²) in [6, 6.07) is 0.510. The summed E-state index contributed by atoms with van der Waals surface area (Å²) in [5.74, 6) is 0.943. The summed E-state index contributed by atoms with van der Waals surface area (Å²) in [5, 5.41) is 8.11. The quantitative estimate of drug-likeness (QED) is 0.451. The highest BCUT2D eigenvalue weighted by Crippen LogP contribution is 2.17. The van der Waals surface area contributed by atoms with Crippen molar-refractivity contribution in [1.82, 2.24) is 20.5 Å². The number of hydrogen-bond acceptors (Lipinski definition) is 4. The zero-order chi connectivity index (χ0) is 17.4. The third-order valence-corrected chi connectivity index (χ3v) is 5.40. The van der Waals surface area contributed by atoms with Gasteiger partial charge in [0.2, 0.25) is 0 Å². The number of rotatable bonds is 7. The van der Waals surface area contributed by atoms with Gasteiger partial charge in [-0.3, -0.25) is 9.89 Å². The number of piperidine rings is 1. The van der Waals surface area contributed by atoms with E-state index >= 15 is 0 Å². The van der Waals surface area contributed by atoms with E-state index < -0.39 is 0 Å². The van der Waals surface area contributed by atoms with Gasteiger partial charge >= 0.3 is 0 Å². The monoisotopic (exact) mass is 349 g/mol. The van der Waals surface area contributed by atoms with Crippen molar-refractivity contribution in [2.45, 2.75) is 46.1 Å². The summed E-state index contributed by atoms with van der Waals surface area (Å²) < 4.78 is 0. The maximum atomic E-state index is 4.75. The van der Waals surface area contributed by atoms with Gasteiger partial charge in [-0.1, -0.05) is 6.08 Å². The number of thiazole rings is 1. The van der Waals surface area contributed by atoms with Crippen molar-refractivity contribution in [3.63, 3.8) is 0 Å². The fourth-order valence-electron chi connectivity index (χ4n) is 3.03. The van der Waals surface area contributed by atoms with Crippen LogP contribution in [0.2, 0.25) is 0 Å². The summed E-state index contributed by atoms with van der Waals surface area (Å²) >= 11 is 1.79. The normalized spacial score (nSPS) is 17.0. The largest absolute Gasteiger partial charge is 0.357 e. The van der Waals surface area contributed by atoms with Gasteiger partial charge in [0, 0.05) is 50.1 Å². The van der Waals surface area contributed by atoms with Crippen molar-refractivity contribution < 1.29 is 0 Å². The lowest BCUT2D eigenvalue weighted by molar-refractivity contribution is 0.225. The van der Waals surface area contributed by atoms with Gasteiger partial charge in [0.1, 0.15) is 0 Å². The second-order valence-corrected chi connectivity index (χ2v) is 7.55. The molecule has 0 aromatic carbocycles. The van der Waals surface area contributed by atoms with E-state index in [1.165, 1.54) is 4.88 Å². The van der Waals surface area contributed by atoms with Gasteiger partial charge in [0.25, 0.3) is 0 Å². The van der Waals surface area contributed by atoms with Crippen LogP contribution in [0.4, 0.5) is 0 Å². The molecule has 1 aliphatic rings. The van der Waals surface area contributed by atoms with E-state index in [4.69, 9.17) is 4.99 Å². The Morgan fingerprint density at radius 3 is 2.75 bits per heavy atom. The molecule has 1 aromatic rings. The second-order valence-electron chi connectivity index (χ2n) is 6.26. The summed E-state index contributed by atoms with van der Waals surface area (Å²) in [6.45, 7) is 15.0.